The van der Waals surface area contributed by atoms with Crippen LogP contribution >= 0.6 is 0 Å². The smallest absolute Gasteiger partial charge is 0.337 e. The Hall–Kier alpha value is -3.22. The molecular weight excluding hydrogens is 322 g/mol. The molecule has 0 aliphatic heterocycles. The van der Waals surface area contributed by atoms with Crippen molar-refractivity contribution in [2.75, 3.05) is 26.0 Å². The number of anilines is 1. The van der Waals surface area contributed by atoms with Crippen LogP contribution in [-0.2, 0) is 9.53 Å². The zero-order valence-electron chi connectivity index (χ0n) is 14.3. The Bertz CT molecular complexity index is 770. The summed E-state index contributed by atoms with van der Waals surface area (Å²) < 4.78 is 4.61. The van der Waals surface area contributed by atoms with Gasteiger partial charge >= 0.3 is 5.97 Å². The average Bonchev–Trinajstić information content (AvgIpc) is 2.62. The molecule has 0 bridgehead atoms. The van der Waals surface area contributed by atoms with Crippen LogP contribution in [0.1, 0.15) is 26.3 Å². The number of aryl methyl sites for hydroxylation is 1. The van der Waals surface area contributed by atoms with Crippen molar-refractivity contribution in [3.8, 4) is 0 Å². The lowest BCUT2D eigenvalue weighted by atomic mass is 10.1. The molecule has 2 amide bonds. The van der Waals surface area contributed by atoms with Crippen molar-refractivity contribution in [3.05, 3.63) is 59.3 Å². The summed E-state index contributed by atoms with van der Waals surface area (Å²) in [4.78, 5) is 41.1. The summed E-state index contributed by atoms with van der Waals surface area (Å²) >= 11 is 0. The molecule has 2 rings (SSSR count). The highest BCUT2D eigenvalue weighted by Gasteiger charge is 2.16. The predicted octanol–water partition coefficient (Wildman–Crippen LogP) is 1.89. The summed E-state index contributed by atoms with van der Waals surface area (Å²) in [6.45, 7) is 1.78. The summed E-state index contributed by atoms with van der Waals surface area (Å²) in [5.41, 5.74) is 1.71. The first-order valence-corrected chi connectivity index (χ1v) is 7.57. The number of likely N-dealkylation sites (N-methyl/N-ethyl adjacent to an activating group) is 1. The van der Waals surface area contributed by atoms with Crippen LogP contribution in [0.4, 0.5) is 5.82 Å². The summed E-state index contributed by atoms with van der Waals surface area (Å²) in [7, 11) is 2.81. The van der Waals surface area contributed by atoms with Crippen molar-refractivity contribution in [2.45, 2.75) is 6.92 Å². The lowest BCUT2D eigenvalue weighted by Gasteiger charge is -2.17. The number of methoxy groups -OCH3 is 1. The summed E-state index contributed by atoms with van der Waals surface area (Å²) in [6.07, 6.45) is 1.65. The van der Waals surface area contributed by atoms with Crippen molar-refractivity contribution >= 4 is 23.6 Å². The normalized spacial score (nSPS) is 10.0. The van der Waals surface area contributed by atoms with E-state index in [0.29, 0.717) is 16.9 Å². The number of nitrogens with one attached hydrogen (secondary N) is 1. The average molecular weight is 341 g/mol. The molecule has 7 heteroatoms. The van der Waals surface area contributed by atoms with Gasteiger partial charge in [0.1, 0.15) is 5.82 Å². The highest BCUT2D eigenvalue weighted by Crippen LogP contribution is 2.09. The lowest BCUT2D eigenvalue weighted by molar-refractivity contribution is -0.116. The Labute approximate surface area is 145 Å². The minimum absolute atomic E-state index is 0.118. The molecule has 0 atom stereocenters. The molecule has 25 heavy (non-hydrogen) atoms. The van der Waals surface area contributed by atoms with Gasteiger partial charge in [0.25, 0.3) is 5.91 Å². The maximum absolute atomic E-state index is 12.3. The zero-order valence-corrected chi connectivity index (χ0v) is 14.3. The Balaban J connectivity index is 1.96. The zero-order chi connectivity index (χ0) is 18.4. The maximum Gasteiger partial charge on any atom is 0.337 e. The van der Waals surface area contributed by atoms with E-state index in [1.807, 2.05) is 13.0 Å². The van der Waals surface area contributed by atoms with E-state index in [2.05, 4.69) is 15.0 Å². The number of ether oxygens (including phenoxy) is 1. The molecule has 0 aliphatic carbocycles. The Morgan fingerprint density at radius 1 is 1.08 bits per heavy atom. The third kappa shape index (κ3) is 4.87. The highest BCUT2D eigenvalue weighted by molar-refractivity contribution is 5.99. The van der Waals surface area contributed by atoms with E-state index in [1.54, 1.807) is 12.3 Å². The molecule has 0 spiro atoms. The van der Waals surface area contributed by atoms with Crippen molar-refractivity contribution < 1.29 is 19.1 Å². The third-order valence-electron chi connectivity index (χ3n) is 3.46. The van der Waals surface area contributed by atoms with Gasteiger partial charge < -0.3 is 15.0 Å². The first kappa shape index (κ1) is 18.1. The van der Waals surface area contributed by atoms with Gasteiger partial charge in [-0.05, 0) is 42.8 Å². The van der Waals surface area contributed by atoms with E-state index in [9.17, 15) is 14.4 Å². The second kappa shape index (κ2) is 8.05. The minimum Gasteiger partial charge on any atom is -0.465 e. The molecule has 2 aromatic rings. The summed E-state index contributed by atoms with van der Waals surface area (Å²) in [5.74, 6) is -0.724. The maximum atomic E-state index is 12.3. The fraction of sp³-hybridized carbons (Fsp3) is 0.222. The van der Waals surface area contributed by atoms with Crippen molar-refractivity contribution in [1.29, 1.82) is 0 Å². The van der Waals surface area contributed by atoms with Crippen LogP contribution in [0.3, 0.4) is 0 Å². The van der Waals surface area contributed by atoms with Gasteiger partial charge in [0.05, 0.1) is 19.2 Å². The number of rotatable bonds is 5. The molecule has 1 N–H and O–H groups in total. The summed E-state index contributed by atoms with van der Waals surface area (Å²) in [6, 6.07) is 9.57. The first-order valence-electron chi connectivity index (χ1n) is 7.57. The molecule has 0 radical (unpaired) electrons. The van der Waals surface area contributed by atoms with Gasteiger partial charge in [-0.2, -0.15) is 0 Å². The van der Waals surface area contributed by atoms with E-state index < -0.39 is 5.97 Å². The van der Waals surface area contributed by atoms with E-state index in [4.69, 9.17) is 0 Å². The fourth-order valence-electron chi connectivity index (χ4n) is 2.10. The Morgan fingerprint density at radius 2 is 1.72 bits per heavy atom. The number of hydrogen-bond donors (Lipinski definition) is 1. The fourth-order valence-corrected chi connectivity index (χ4v) is 2.10. The predicted molar refractivity (Wildman–Crippen MR) is 92.3 cm³/mol. The number of esters is 1. The molecule has 0 saturated carbocycles. The van der Waals surface area contributed by atoms with Crippen LogP contribution < -0.4 is 5.32 Å². The standard InChI is InChI=1S/C18H19N3O4/c1-12-4-9-15(19-10-12)20-16(22)11-21(2)17(23)13-5-7-14(8-6-13)18(24)25-3/h4-10H,11H2,1-3H3,(H,19,20,22). The topological polar surface area (TPSA) is 88.6 Å². The number of benzene rings is 1. The number of aromatic nitrogens is 1. The van der Waals surface area contributed by atoms with Crippen molar-refractivity contribution in [2.24, 2.45) is 0 Å². The molecule has 130 valence electrons. The minimum atomic E-state index is -0.475. The van der Waals surface area contributed by atoms with E-state index >= 15 is 0 Å². The second-order valence-electron chi connectivity index (χ2n) is 5.50. The van der Waals surface area contributed by atoms with Gasteiger partial charge in [-0.15, -0.1) is 0 Å². The second-order valence-corrected chi connectivity index (χ2v) is 5.50. The molecular formula is C18H19N3O4. The monoisotopic (exact) mass is 341 g/mol. The number of nitrogens with zero attached hydrogens (tertiary/aromatic N) is 2. The third-order valence-corrected chi connectivity index (χ3v) is 3.46. The van der Waals surface area contributed by atoms with Crippen molar-refractivity contribution in [1.82, 2.24) is 9.88 Å². The van der Waals surface area contributed by atoms with Gasteiger partial charge in [0, 0.05) is 18.8 Å². The van der Waals surface area contributed by atoms with Crippen LogP contribution in [0.2, 0.25) is 0 Å². The molecule has 1 heterocycles. The van der Waals surface area contributed by atoms with Crippen LogP contribution in [0.5, 0.6) is 0 Å². The number of hydrogen-bond acceptors (Lipinski definition) is 5. The number of carbonyl (C=O) groups excluding carboxylic acids is 3. The molecule has 0 unspecified atom stereocenters. The van der Waals surface area contributed by atoms with Crippen LogP contribution in [0.15, 0.2) is 42.6 Å². The Morgan fingerprint density at radius 3 is 2.28 bits per heavy atom. The molecule has 7 nitrogen and oxygen atoms in total. The number of pyridine rings is 1. The lowest BCUT2D eigenvalue weighted by Crippen LogP contribution is -2.35. The highest BCUT2D eigenvalue weighted by atomic mass is 16.5. The van der Waals surface area contributed by atoms with Gasteiger partial charge in [-0.1, -0.05) is 6.07 Å². The van der Waals surface area contributed by atoms with Crippen LogP contribution in [0.25, 0.3) is 0 Å². The molecule has 1 aromatic heterocycles. The largest absolute Gasteiger partial charge is 0.465 e. The van der Waals surface area contributed by atoms with Gasteiger partial charge in [-0.25, -0.2) is 9.78 Å². The number of carbonyl (C=O) groups is 3. The molecule has 1 aromatic carbocycles. The van der Waals surface area contributed by atoms with Gasteiger partial charge in [0.2, 0.25) is 5.91 Å². The van der Waals surface area contributed by atoms with E-state index in [1.165, 1.54) is 43.3 Å². The first-order chi connectivity index (χ1) is 11.9. The van der Waals surface area contributed by atoms with E-state index in [-0.39, 0.29) is 18.4 Å². The van der Waals surface area contributed by atoms with Gasteiger partial charge in [-0.3, -0.25) is 9.59 Å². The van der Waals surface area contributed by atoms with Crippen LogP contribution in [0, 0.1) is 6.92 Å². The molecule has 0 aliphatic rings. The van der Waals surface area contributed by atoms with Crippen LogP contribution in [-0.4, -0.2) is 48.4 Å². The summed E-state index contributed by atoms with van der Waals surface area (Å²) in [5, 5.41) is 2.63. The van der Waals surface area contributed by atoms with E-state index in [0.717, 1.165) is 5.56 Å². The number of amides is 2. The Kier molecular flexibility index (Phi) is 5.84. The molecule has 0 fully saturated rings. The SMILES string of the molecule is COC(=O)c1ccc(C(=O)N(C)CC(=O)Nc2ccc(C)cn2)cc1. The quantitative estimate of drug-likeness (QED) is 0.839. The van der Waals surface area contributed by atoms with Gasteiger partial charge in [0.15, 0.2) is 0 Å². The molecule has 0 saturated heterocycles. The van der Waals surface area contributed by atoms with Crippen molar-refractivity contribution in [3.63, 3.8) is 0 Å².